The molecule has 2 aromatic rings. The smallest absolute Gasteiger partial charge is 0.410 e. The molecule has 3 rings (SSSR count). The van der Waals surface area contributed by atoms with Crippen LogP contribution in [-0.2, 0) is 4.74 Å². The molecule has 7 heteroatoms. The summed E-state index contributed by atoms with van der Waals surface area (Å²) >= 11 is 3.50. The summed E-state index contributed by atoms with van der Waals surface area (Å²) in [5.74, 6) is -0.217. The van der Waals surface area contributed by atoms with Gasteiger partial charge in [-0.2, -0.15) is 0 Å². The molecule has 0 N–H and O–H groups in total. The van der Waals surface area contributed by atoms with Crippen LogP contribution in [0.5, 0.6) is 0 Å². The Morgan fingerprint density at radius 3 is 2.81 bits per heavy atom. The summed E-state index contributed by atoms with van der Waals surface area (Å²) < 4.78 is 22.9. The number of benzene rings is 1. The van der Waals surface area contributed by atoms with E-state index in [9.17, 15) is 9.18 Å². The van der Waals surface area contributed by atoms with Crippen LogP contribution in [0.2, 0.25) is 0 Å². The molecule has 1 amide bonds. The van der Waals surface area contributed by atoms with Gasteiger partial charge in [-0.3, -0.25) is 0 Å². The lowest BCUT2D eigenvalue weighted by Crippen LogP contribution is -2.45. The van der Waals surface area contributed by atoms with Crippen LogP contribution in [0.4, 0.5) is 9.18 Å². The average molecular weight is 438 g/mol. The van der Waals surface area contributed by atoms with Crippen molar-refractivity contribution in [2.45, 2.75) is 45.3 Å². The average Bonchev–Trinajstić information content (AvgIpc) is 3.11. The molecular weight excluding hydrogens is 413 g/mol. The first-order chi connectivity index (χ1) is 12.8. The van der Waals surface area contributed by atoms with Crippen LogP contribution in [0.3, 0.4) is 0 Å². The minimum Gasteiger partial charge on any atom is -0.444 e. The van der Waals surface area contributed by atoms with Gasteiger partial charge in [-0.05, 0) is 45.7 Å². The molecule has 2 unspecified atom stereocenters. The number of carbonyl (C=O) groups excluding carboxylic acids is 1. The van der Waals surface area contributed by atoms with Gasteiger partial charge in [0, 0.05) is 41.4 Å². The van der Waals surface area contributed by atoms with Gasteiger partial charge in [-0.1, -0.05) is 22.0 Å². The van der Waals surface area contributed by atoms with Crippen LogP contribution in [0.25, 0.3) is 0 Å². The second-order valence-electron chi connectivity index (χ2n) is 7.92. The van der Waals surface area contributed by atoms with Crippen molar-refractivity contribution in [3.8, 4) is 0 Å². The third kappa shape index (κ3) is 4.69. The fourth-order valence-electron chi connectivity index (χ4n) is 3.62. The first-order valence-corrected chi connectivity index (χ1v) is 9.95. The molecule has 1 aromatic carbocycles. The van der Waals surface area contributed by atoms with Crippen molar-refractivity contribution in [1.82, 2.24) is 14.5 Å². The first-order valence-electron chi connectivity index (χ1n) is 9.15. The van der Waals surface area contributed by atoms with E-state index in [-0.39, 0.29) is 23.9 Å². The number of aromatic nitrogens is 2. The molecule has 1 aliphatic rings. The van der Waals surface area contributed by atoms with Gasteiger partial charge in [0.2, 0.25) is 0 Å². The molecule has 2 atom stereocenters. The lowest BCUT2D eigenvalue weighted by atomic mass is 9.86. The molecule has 146 valence electrons. The minimum absolute atomic E-state index is 0.0497. The Balaban J connectivity index is 1.90. The molecule has 27 heavy (non-hydrogen) atoms. The number of ether oxygens (including phenoxy) is 1. The zero-order valence-electron chi connectivity index (χ0n) is 15.9. The second kappa shape index (κ2) is 8.00. The van der Waals surface area contributed by atoms with Crippen molar-refractivity contribution in [3.63, 3.8) is 0 Å². The van der Waals surface area contributed by atoms with Crippen molar-refractivity contribution in [2.75, 3.05) is 13.1 Å². The Kier molecular flexibility index (Phi) is 5.89. The number of piperidine rings is 1. The molecule has 1 fully saturated rings. The normalized spacial score (nSPS) is 19.0. The summed E-state index contributed by atoms with van der Waals surface area (Å²) in [4.78, 5) is 18.4. The molecule has 1 aliphatic heterocycles. The molecular formula is C20H25BrFN3O2. The highest BCUT2D eigenvalue weighted by Crippen LogP contribution is 2.38. The maximum Gasteiger partial charge on any atom is 0.410 e. The number of carbonyl (C=O) groups is 1. The van der Waals surface area contributed by atoms with Gasteiger partial charge in [0.15, 0.2) is 0 Å². The Labute approximate surface area is 167 Å². The molecule has 0 bridgehead atoms. The van der Waals surface area contributed by atoms with Crippen LogP contribution in [-0.4, -0.2) is 39.2 Å². The second-order valence-corrected chi connectivity index (χ2v) is 8.77. The van der Waals surface area contributed by atoms with Crippen molar-refractivity contribution >= 4 is 22.0 Å². The first kappa shape index (κ1) is 19.9. The van der Waals surface area contributed by atoms with Gasteiger partial charge in [0.25, 0.3) is 0 Å². The molecule has 0 radical (unpaired) electrons. The summed E-state index contributed by atoms with van der Waals surface area (Å²) in [5.41, 5.74) is 0.0500. The maximum atomic E-state index is 14.8. The summed E-state index contributed by atoms with van der Waals surface area (Å²) in [7, 11) is 0. The quantitative estimate of drug-likeness (QED) is 0.676. The van der Waals surface area contributed by atoms with E-state index in [0.717, 1.165) is 17.3 Å². The predicted octanol–water partition coefficient (Wildman–Crippen LogP) is 5.02. The standard InChI is InChI=1S/C20H25BrFN3O2/c1-20(2,3)27-19(26)24-10-5-6-14(12-24)18(25-11-9-23-13-25)17-15(21)7-4-8-16(17)22/h4,7-9,11,13-14,18H,5-6,10,12H2,1-3H3. The van der Waals surface area contributed by atoms with Crippen LogP contribution < -0.4 is 0 Å². The van der Waals surface area contributed by atoms with Crippen LogP contribution in [0.15, 0.2) is 41.4 Å². The fourth-order valence-corrected chi connectivity index (χ4v) is 4.19. The third-order valence-corrected chi connectivity index (χ3v) is 5.39. The number of hydrogen-bond donors (Lipinski definition) is 0. The number of amides is 1. The molecule has 5 nitrogen and oxygen atoms in total. The predicted molar refractivity (Wildman–Crippen MR) is 105 cm³/mol. The highest BCUT2D eigenvalue weighted by atomic mass is 79.9. The van der Waals surface area contributed by atoms with Crippen molar-refractivity contribution in [1.29, 1.82) is 0 Å². The number of rotatable bonds is 3. The fraction of sp³-hybridized carbons (Fsp3) is 0.500. The van der Waals surface area contributed by atoms with Crippen molar-refractivity contribution < 1.29 is 13.9 Å². The summed E-state index contributed by atoms with van der Waals surface area (Å²) in [6.07, 6.45) is 6.66. The number of likely N-dealkylation sites (tertiary alicyclic amines) is 1. The Hall–Kier alpha value is -1.89. The van der Waals surface area contributed by atoms with Crippen molar-refractivity contribution in [2.24, 2.45) is 5.92 Å². The molecule has 0 aliphatic carbocycles. The van der Waals surface area contributed by atoms with Crippen molar-refractivity contribution in [3.05, 3.63) is 52.8 Å². The van der Waals surface area contributed by atoms with E-state index in [1.54, 1.807) is 23.5 Å². The van der Waals surface area contributed by atoms with E-state index in [1.165, 1.54) is 6.07 Å². The Bertz CT molecular complexity index is 769. The molecule has 2 heterocycles. The van der Waals surface area contributed by atoms with E-state index >= 15 is 0 Å². The van der Waals surface area contributed by atoms with Crippen LogP contribution in [0.1, 0.15) is 45.2 Å². The third-order valence-electron chi connectivity index (χ3n) is 4.70. The Morgan fingerprint density at radius 2 is 2.19 bits per heavy atom. The lowest BCUT2D eigenvalue weighted by Gasteiger charge is -2.38. The maximum absolute atomic E-state index is 14.8. The largest absolute Gasteiger partial charge is 0.444 e. The van der Waals surface area contributed by atoms with E-state index in [2.05, 4.69) is 20.9 Å². The molecule has 0 saturated carbocycles. The monoisotopic (exact) mass is 437 g/mol. The molecule has 0 spiro atoms. The Morgan fingerprint density at radius 1 is 1.41 bits per heavy atom. The molecule has 1 saturated heterocycles. The van der Waals surface area contributed by atoms with Crippen LogP contribution in [0, 0.1) is 11.7 Å². The highest BCUT2D eigenvalue weighted by molar-refractivity contribution is 9.10. The number of nitrogens with zero attached hydrogens (tertiary/aromatic N) is 3. The van der Waals surface area contributed by atoms with Gasteiger partial charge in [0.1, 0.15) is 11.4 Å². The summed E-state index contributed by atoms with van der Waals surface area (Å²) in [6, 6.07) is 4.74. The van der Waals surface area contributed by atoms with Gasteiger partial charge >= 0.3 is 6.09 Å². The van der Waals surface area contributed by atoms with E-state index in [4.69, 9.17) is 4.74 Å². The summed E-state index contributed by atoms with van der Waals surface area (Å²) in [5, 5.41) is 0. The van der Waals surface area contributed by atoms with Gasteiger partial charge < -0.3 is 14.2 Å². The minimum atomic E-state index is -0.539. The topological polar surface area (TPSA) is 47.4 Å². The number of imidazole rings is 1. The molecule has 1 aromatic heterocycles. The van der Waals surface area contributed by atoms with E-state index in [1.807, 2.05) is 37.6 Å². The number of halogens is 2. The lowest BCUT2D eigenvalue weighted by molar-refractivity contribution is 0.0144. The van der Waals surface area contributed by atoms with Gasteiger partial charge in [-0.15, -0.1) is 0 Å². The highest BCUT2D eigenvalue weighted by Gasteiger charge is 2.35. The zero-order chi connectivity index (χ0) is 19.6. The SMILES string of the molecule is CC(C)(C)OC(=O)N1CCCC(C(c2c(F)cccc2Br)n2ccnc2)C1. The van der Waals surface area contributed by atoms with Gasteiger partial charge in [0.05, 0.1) is 12.4 Å². The zero-order valence-corrected chi connectivity index (χ0v) is 17.4. The van der Waals surface area contributed by atoms with Gasteiger partial charge in [-0.25, -0.2) is 14.2 Å². The van der Waals surface area contributed by atoms with E-state index in [0.29, 0.717) is 18.7 Å². The number of hydrogen-bond acceptors (Lipinski definition) is 3. The van der Waals surface area contributed by atoms with E-state index < -0.39 is 5.60 Å². The summed E-state index contributed by atoms with van der Waals surface area (Å²) in [6.45, 7) is 6.74. The van der Waals surface area contributed by atoms with Crippen LogP contribution >= 0.6 is 15.9 Å².